The van der Waals surface area contributed by atoms with E-state index in [9.17, 15) is 14.7 Å². The highest BCUT2D eigenvalue weighted by atomic mass is 16.6. The Balaban J connectivity index is 2.55. The number of amides is 2. The summed E-state index contributed by atoms with van der Waals surface area (Å²) >= 11 is 0. The zero-order valence-electron chi connectivity index (χ0n) is 14.2. The molecule has 6 nitrogen and oxygen atoms in total. The summed E-state index contributed by atoms with van der Waals surface area (Å²) in [6.45, 7) is 6.99. The van der Waals surface area contributed by atoms with Gasteiger partial charge in [0.1, 0.15) is 17.0 Å². The van der Waals surface area contributed by atoms with E-state index >= 15 is 0 Å². The van der Waals surface area contributed by atoms with Crippen molar-refractivity contribution in [2.24, 2.45) is 0 Å². The number of imide groups is 1. The smallest absolute Gasteiger partial charge is 0.421 e. The normalized spacial score (nSPS) is 21.0. The first-order chi connectivity index (χ1) is 10.6. The van der Waals surface area contributed by atoms with Gasteiger partial charge in [0.05, 0.1) is 19.2 Å². The number of benzene rings is 1. The molecule has 1 aromatic carbocycles. The molecule has 1 unspecified atom stereocenters. The van der Waals surface area contributed by atoms with Gasteiger partial charge in [-0.2, -0.15) is 0 Å². The van der Waals surface area contributed by atoms with Crippen molar-refractivity contribution in [2.45, 2.75) is 51.7 Å². The maximum atomic E-state index is 12.5. The van der Waals surface area contributed by atoms with Crippen LogP contribution in [-0.4, -0.2) is 29.8 Å². The zero-order valence-corrected chi connectivity index (χ0v) is 14.2. The van der Waals surface area contributed by atoms with Gasteiger partial charge in [0.25, 0.3) is 0 Å². The Bertz CT molecular complexity index is 634. The molecule has 23 heavy (non-hydrogen) atoms. The highest BCUT2D eigenvalue weighted by Gasteiger charge is 2.44. The summed E-state index contributed by atoms with van der Waals surface area (Å²) in [6.07, 6.45) is -0.558. The summed E-state index contributed by atoms with van der Waals surface area (Å²) in [5.74, 6) is -0.00480. The molecule has 0 aliphatic carbocycles. The van der Waals surface area contributed by atoms with Gasteiger partial charge in [0, 0.05) is 11.6 Å². The standard InChI is InChI=1S/C17H23NO5/c1-6-17(21)10-14(19)18(15(20)23-16(2,3)4)13-9-11(22-5)7-8-12(13)17/h7-9,21H,6,10H2,1-5H3. The highest BCUT2D eigenvalue weighted by molar-refractivity contribution is 6.14. The third-order valence-corrected chi connectivity index (χ3v) is 3.80. The second-order valence-electron chi connectivity index (χ2n) is 6.65. The summed E-state index contributed by atoms with van der Waals surface area (Å²) in [5, 5.41) is 10.8. The predicted molar refractivity (Wildman–Crippen MR) is 85.5 cm³/mol. The monoisotopic (exact) mass is 321 g/mol. The molecule has 1 aliphatic heterocycles. The second-order valence-corrected chi connectivity index (χ2v) is 6.65. The third kappa shape index (κ3) is 3.32. The molecule has 0 radical (unpaired) electrons. The molecule has 1 aromatic rings. The van der Waals surface area contributed by atoms with E-state index < -0.39 is 23.2 Å². The molecule has 2 rings (SSSR count). The topological polar surface area (TPSA) is 76.1 Å². The first kappa shape index (κ1) is 17.3. The van der Waals surface area contributed by atoms with Crippen LogP contribution >= 0.6 is 0 Å². The van der Waals surface area contributed by atoms with Gasteiger partial charge in [0.2, 0.25) is 5.91 Å². The first-order valence-electron chi connectivity index (χ1n) is 7.58. The maximum Gasteiger partial charge on any atom is 0.421 e. The van der Waals surface area contributed by atoms with E-state index in [-0.39, 0.29) is 6.42 Å². The molecular formula is C17H23NO5. The lowest BCUT2D eigenvalue weighted by atomic mass is 9.83. The van der Waals surface area contributed by atoms with Crippen LogP contribution < -0.4 is 9.64 Å². The fourth-order valence-corrected chi connectivity index (χ4v) is 2.60. The summed E-state index contributed by atoms with van der Waals surface area (Å²) in [4.78, 5) is 25.9. The van der Waals surface area contributed by atoms with Gasteiger partial charge >= 0.3 is 6.09 Å². The van der Waals surface area contributed by atoms with Crippen molar-refractivity contribution in [3.63, 3.8) is 0 Å². The van der Waals surface area contributed by atoms with E-state index in [0.29, 0.717) is 23.4 Å². The minimum atomic E-state index is -1.29. The van der Waals surface area contributed by atoms with Crippen LogP contribution in [0.1, 0.15) is 46.1 Å². The third-order valence-electron chi connectivity index (χ3n) is 3.80. The summed E-state index contributed by atoms with van der Waals surface area (Å²) in [6, 6.07) is 4.95. The van der Waals surface area contributed by atoms with Crippen LogP contribution in [0.4, 0.5) is 10.5 Å². The molecule has 1 N–H and O–H groups in total. The number of methoxy groups -OCH3 is 1. The van der Waals surface area contributed by atoms with Gasteiger partial charge in [-0.1, -0.05) is 13.0 Å². The van der Waals surface area contributed by atoms with E-state index in [1.165, 1.54) is 7.11 Å². The Morgan fingerprint density at radius 2 is 2.04 bits per heavy atom. The summed E-state index contributed by atoms with van der Waals surface area (Å²) in [7, 11) is 1.50. The van der Waals surface area contributed by atoms with Crippen LogP contribution in [0.2, 0.25) is 0 Å². The molecule has 0 spiro atoms. The van der Waals surface area contributed by atoms with Crippen LogP contribution in [0, 0.1) is 0 Å². The Labute approximate surface area is 136 Å². The number of nitrogens with zero attached hydrogens (tertiary/aromatic N) is 1. The van der Waals surface area contributed by atoms with Gasteiger partial charge < -0.3 is 14.6 Å². The Hall–Kier alpha value is -2.08. The number of aliphatic hydroxyl groups is 1. The number of carbonyl (C=O) groups is 2. The lowest BCUT2D eigenvalue weighted by molar-refractivity contribution is -0.125. The van der Waals surface area contributed by atoms with Crippen LogP contribution in [0.3, 0.4) is 0 Å². The fraction of sp³-hybridized carbons (Fsp3) is 0.529. The molecule has 0 saturated carbocycles. The number of ether oxygens (including phenoxy) is 2. The summed E-state index contributed by atoms with van der Waals surface area (Å²) in [5.41, 5.74) is -1.20. The van der Waals surface area contributed by atoms with E-state index in [1.54, 1.807) is 45.9 Å². The number of rotatable bonds is 2. The van der Waals surface area contributed by atoms with E-state index in [2.05, 4.69) is 0 Å². The molecule has 0 aromatic heterocycles. The minimum absolute atomic E-state index is 0.165. The van der Waals surface area contributed by atoms with Crippen LogP contribution in [-0.2, 0) is 15.1 Å². The van der Waals surface area contributed by atoms with Crippen molar-refractivity contribution in [3.8, 4) is 5.75 Å². The molecule has 1 aliphatic rings. The van der Waals surface area contributed by atoms with Gasteiger partial charge in [0.15, 0.2) is 0 Å². The molecule has 0 fully saturated rings. The molecule has 6 heteroatoms. The Morgan fingerprint density at radius 3 is 2.57 bits per heavy atom. The lowest BCUT2D eigenvalue weighted by Crippen LogP contribution is -2.48. The first-order valence-corrected chi connectivity index (χ1v) is 7.58. The zero-order chi connectivity index (χ0) is 17.4. The average molecular weight is 321 g/mol. The molecule has 126 valence electrons. The van der Waals surface area contributed by atoms with Crippen molar-refractivity contribution >= 4 is 17.7 Å². The van der Waals surface area contributed by atoms with Crippen molar-refractivity contribution < 1.29 is 24.2 Å². The second kappa shape index (κ2) is 5.85. The number of hydrogen-bond acceptors (Lipinski definition) is 5. The minimum Gasteiger partial charge on any atom is -0.497 e. The molecule has 1 atom stereocenters. The lowest BCUT2D eigenvalue weighted by Gasteiger charge is -2.38. The number of hydrogen-bond donors (Lipinski definition) is 1. The van der Waals surface area contributed by atoms with Crippen molar-refractivity contribution in [3.05, 3.63) is 23.8 Å². The Kier molecular flexibility index (Phi) is 4.39. The van der Waals surface area contributed by atoms with Gasteiger partial charge in [-0.3, -0.25) is 4.79 Å². The Morgan fingerprint density at radius 1 is 1.39 bits per heavy atom. The molecule has 0 bridgehead atoms. The average Bonchev–Trinajstić information content (AvgIpc) is 2.44. The fourth-order valence-electron chi connectivity index (χ4n) is 2.60. The molecule has 1 heterocycles. The van der Waals surface area contributed by atoms with Gasteiger partial charge in [-0.05, 0) is 33.3 Å². The molecule has 2 amide bonds. The van der Waals surface area contributed by atoms with E-state index in [4.69, 9.17) is 9.47 Å². The van der Waals surface area contributed by atoms with Gasteiger partial charge in [-0.25, -0.2) is 9.69 Å². The van der Waals surface area contributed by atoms with Crippen molar-refractivity contribution in [1.82, 2.24) is 0 Å². The van der Waals surface area contributed by atoms with E-state index in [1.807, 2.05) is 0 Å². The number of carbonyl (C=O) groups excluding carboxylic acids is 2. The SMILES string of the molecule is CCC1(O)CC(=O)N(C(=O)OC(C)(C)C)c2cc(OC)ccc21. The largest absolute Gasteiger partial charge is 0.497 e. The van der Waals surface area contributed by atoms with Crippen molar-refractivity contribution in [1.29, 1.82) is 0 Å². The van der Waals surface area contributed by atoms with Crippen molar-refractivity contribution in [2.75, 3.05) is 12.0 Å². The molecular weight excluding hydrogens is 298 g/mol. The number of anilines is 1. The van der Waals surface area contributed by atoms with Crippen LogP contribution in [0.15, 0.2) is 18.2 Å². The quantitative estimate of drug-likeness (QED) is 0.906. The van der Waals surface area contributed by atoms with Gasteiger partial charge in [-0.15, -0.1) is 0 Å². The van der Waals surface area contributed by atoms with Crippen LogP contribution in [0.25, 0.3) is 0 Å². The van der Waals surface area contributed by atoms with E-state index in [0.717, 1.165) is 4.90 Å². The predicted octanol–water partition coefficient (Wildman–Crippen LogP) is 2.96. The van der Waals surface area contributed by atoms with Crippen LogP contribution in [0.5, 0.6) is 5.75 Å². The number of fused-ring (bicyclic) bond motifs is 1. The maximum absolute atomic E-state index is 12.5. The highest BCUT2D eigenvalue weighted by Crippen LogP contribution is 2.43. The summed E-state index contributed by atoms with van der Waals surface area (Å²) < 4.78 is 10.5. The molecule has 0 saturated heterocycles.